The first-order chi connectivity index (χ1) is 8.15. The van der Waals surface area contributed by atoms with Gasteiger partial charge in [0.25, 0.3) is 0 Å². The number of thiazole rings is 1. The summed E-state index contributed by atoms with van der Waals surface area (Å²) in [5.74, 6) is 0.803. The third-order valence-corrected chi connectivity index (χ3v) is 3.69. The van der Waals surface area contributed by atoms with Gasteiger partial charge >= 0.3 is 0 Å². The Hall–Kier alpha value is -1.22. The molecule has 1 aromatic heterocycles. The Kier molecular flexibility index (Phi) is 3.89. The number of para-hydroxylation sites is 1. The highest BCUT2D eigenvalue weighted by atomic mass is 32.1. The van der Waals surface area contributed by atoms with E-state index in [2.05, 4.69) is 24.9 Å². The fourth-order valence-corrected chi connectivity index (χ4v) is 2.80. The van der Waals surface area contributed by atoms with E-state index >= 15 is 0 Å². The maximum atomic E-state index is 11.6. The minimum Gasteiger partial charge on any atom is -0.300 e. The van der Waals surface area contributed by atoms with E-state index in [9.17, 15) is 4.79 Å². The molecule has 0 fully saturated rings. The summed E-state index contributed by atoms with van der Waals surface area (Å²) in [7, 11) is 0. The van der Waals surface area contributed by atoms with Gasteiger partial charge in [0.2, 0.25) is 0 Å². The highest BCUT2D eigenvalue weighted by Crippen LogP contribution is 2.22. The lowest BCUT2D eigenvalue weighted by atomic mass is 10.0. The van der Waals surface area contributed by atoms with Gasteiger partial charge in [-0.2, -0.15) is 0 Å². The van der Waals surface area contributed by atoms with Gasteiger partial charge in [0.05, 0.1) is 15.2 Å². The molecule has 0 spiro atoms. The number of hydrogen-bond donors (Lipinski definition) is 0. The minimum absolute atomic E-state index is 0.347. The third kappa shape index (κ3) is 3.37. The fraction of sp³-hybridized carbons (Fsp3) is 0.429. The van der Waals surface area contributed by atoms with Crippen molar-refractivity contribution in [2.45, 2.75) is 33.1 Å². The van der Waals surface area contributed by atoms with Crippen LogP contribution in [-0.2, 0) is 11.2 Å². The molecule has 0 bridgehead atoms. The van der Waals surface area contributed by atoms with Crippen molar-refractivity contribution in [3.8, 4) is 0 Å². The summed E-state index contributed by atoms with van der Waals surface area (Å²) < 4.78 is 1.21. The SMILES string of the molecule is CC(C)CC(=O)CCc1nc2ccccc2s1. The molecule has 0 aliphatic heterocycles. The van der Waals surface area contributed by atoms with Crippen LogP contribution in [0.15, 0.2) is 24.3 Å². The number of carbonyl (C=O) groups is 1. The van der Waals surface area contributed by atoms with Gasteiger partial charge < -0.3 is 0 Å². The lowest BCUT2D eigenvalue weighted by Crippen LogP contribution is -2.03. The van der Waals surface area contributed by atoms with E-state index in [1.807, 2.05) is 18.2 Å². The van der Waals surface area contributed by atoms with Gasteiger partial charge in [-0.05, 0) is 18.1 Å². The smallest absolute Gasteiger partial charge is 0.133 e. The Labute approximate surface area is 106 Å². The summed E-state index contributed by atoms with van der Waals surface area (Å²) >= 11 is 1.69. The second-order valence-electron chi connectivity index (χ2n) is 4.71. The summed E-state index contributed by atoms with van der Waals surface area (Å²) in [4.78, 5) is 16.1. The van der Waals surface area contributed by atoms with Crippen LogP contribution in [0.25, 0.3) is 10.2 Å². The van der Waals surface area contributed by atoms with E-state index < -0.39 is 0 Å². The maximum absolute atomic E-state index is 11.6. The van der Waals surface area contributed by atoms with Crippen LogP contribution in [0.2, 0.25) is 0 Å². The molecule has 0 saturated carbocycles. The molecule has 0 atom stereocenters. The van der Waals surface area contributed by atoms with Crippen LogP contribution in [0.3, 0.4) is 0 Å². The number of carbonyl (C=O) groups excluding carboxylic acids is 1. The molecular formula is C14H17NOS. The van der Waals surface area contributed by atoms with Gasteiger partial charge in [-0.25, -0.2) is 4.98 Å². The van der Waals surface area contributed by atoms with Crippen LogP contribution in [0.4, 0.5) is 0 Å². The van der Waals surface area contributed by atoms with E-state index in [1.165, 1.54) is 4.70 Å². The second kappa shape index (κ2) is 5.41. The molecule has 2 rings (SSSR count). The first-order valence-corrected chi connectivity index (χ1v) is 6.83. The molecule has 1 aromatic carbocycles. The summed E-state index contributed by atoms with van der Waals surface area (Å²) in [6.45, 7) is 4.16. The van der Waals surface area contributed by atoms with Crippen LogP contribution in [0.1, 0.15) is 31.7 Å². The van der Waals surface area contributed by atoms with Crippen molar-refractivity contribution in [1.29, 1.82) is 0 Å². The van der Waals surface area contributed by atoms with Crippen molar-refractivity contribution >= 4 is 27.3 Å². The molecule has 90 valence electrons. The Morgan fingerprint density at radius 1 is 1.35 bits per heavy atom. The van der Waals surface area contributed by atoms with Crippen molar-refractivity contribution < 1.29 is 4.79 Å². The number of benzene rings is 1. The van der Waals surface area contributed by atoms with Crippen molar-refractivity contribution in [3.63, 3.8) is 0 Å². The summed E-state index contributed by atoms with van der Waals surface area (Å²) in [6.07, 6.45) is 2.09. The van der Waals surface area contributed by atoms with Crippen LogP contribution < -0.4 is 0 Å². The zero-order valence-electron chi connectivity index (χ0n) is 10.3. The Morgan fingerprint density at radius 3 is 2.82 bits per heavy atom. The predicted molar refractivity (Wildman–Crippen MR) is 72.4 cm³/mol. The van der Waals surface area contributed by atoms with Crippen molar-refractivity contribution in [2.75, 3.05) is 0 Å². The lowest BCUT2D eigenvalue weighted by Gasteiger charge is -2.01. The minimum atomic E-state index is 0.347. The molecule has 0 unspecified atom stereocenters. The number of aromatic nitrogens is 1. The first-order valence-electron chi connectivity index (χ1n) is 6.01. The largest absolute Gasteiger partial charge is 0.300 e. The molecular weight excluding hydrogens is 230 g/mol. The highest BCUT2D eigenvalue weighted by molar-refractivity contribution is 7.18. The zero-order chi connectivity index (χ0) is 12.3. The van der Waals surface area contributed by atoms with Gasteiger partial charge in [0, 0.05) is 19.3 Å². The average molecular weight is 247 g/mol. The van der Waals surface area contributed by atoms with E-state index in [-0.39, 0.29) is 0 Å². The van der Waals surface area contributed by atoms with Gasteiger partial charge in [0.15, 0.2) is 0 Å². The average Bonchev–Trinajstić information content (AvgIpc) is 2.68. The van der Waals surface area contributed by atoms with E-state index in [4.69, 9.17) is 0 Å². The molecule has 0 saturated heterocycles. The van der Waals surface area contributed by atoms with Gasteiger partial charge in [-0.3, -0.25) is 4.79 Å². The normalized spacial score (nSPS) is 11.2. The number of hydrogen-bond acceptors (Lipinski definition) is 3. The number of rotatable bonds is 5. The van der Waals surface area contributed by atoms with Gasteiger partial charge in [-0.1, -0.05) is 26.0 Å². The molecule has 0 aliphatic rings. The molecule has 0 radical (unpaired) electrons. The summed E-state index contributed by atoms with van der Waals surface area (Å²) in [5.41, 5.74) is 1.05. The van der Waals surface area contributed by atoms with E-state index in [1.54, 1.807) is 11.3 Å². The van der Waals surface area contributed by atoms with Crippen molar-refractivity contribution in [1.82, 2.24) is 4.98 Å². The quantitative estimate of drug-likeness (QED) is 0.803. The Morgan fingerprint density at radius 2 is 2.12 bits per heavy atom. The highest BCUT2D eigenvalue weighted by Gasteiger charge is 2.08. The van der Waals surface area contributed by atoms with Gasteiger partial charge in [0.1, 0.15) is 5.78 Å². The fourth-order valence-electron chi connectivity index (χ4n) is 1.83. The predicted octanol–water partition coefficient (Wildman–Crippen LogP) is 3.84. The zero-order valence-corrected chi connectivity index (χ0v) is 11.1. The van der Waals surface area contributed by atoms with Crippen LogP contribution >= 0.6 is 11.3 Å². The number of fused-ring (bicyclic) bond motifs is 1. The van der Waals surface area contributed by atoms with Crippen molar-refractivity contribution in [3.05, 3.63) is 29.3 Å². The third-order valence-electron chi connectivity index (χ3n) is 2.59. The van der Waals surface area contributed by atoms with Crippen molar-refractivity contribution in [2.24, 2.45) is 5.92 Å². The van der Waals surface area contributed by atoms with Crippen LogP contribution in [0.5, 0.6) is 0 Å². The first kappa shape index (κ1) is 12.2. The lowest BCUT2D eigenvalue weighted by molar-refractivity contribution is -0.119. The molecule has 2 nitrogen and oxygen atoms in total. The van der Waals surface area contributed by atoms with E-state index in [0.717, 1.165) is 16.9 Å². The summed E-state index contributed by atoms with van der Waals surface area (Å²) in [6, 6.07) is 8.11. The molecule has 0 aliphatic carbocycles. The van der Waals surface area contributed by atoms with Crippen LogP contribution in [-0.4, -0.2) is 10.8 Å². The standard InChI is InChI=1S/C14H17NOS/c1-10(2)9-11(16)7-8-14-15-12-5-3-4-6-13(12)17-14/h3-6,10H,7-9H2,1-2H3. The molecule has 2 aromatic rings. The number of aryl methyl sites for hydroxylation is 1. The Bertz CT molecular complexity index is 483. The number of Topliss-reactive ketones (excluding diaryl/α,β-unsaturated/α-hetero) is 1. The van der Waals surface area contributed by atoms with Gasteiger partial charge in [-0.15, -0.1) is 11.3 Å². The second-order valence-corrected chi connectivity index (χ2v) is 5.83. The van der Waals surface area contributed by atoms with Crippen LogP contribution in [0, 0.1) is 5.92 Å². The number of ketones is 1. The molecule has 3 heteroatoms. The molecule has 17 heavy (non-hydrogen) atoms. The molecule has 0 N–H and O–H groups in total. The van der Waals surface area contributed by atoms with E-state index in [0.29, 0.717) is 24.5 Å². The maximum Gasteiger partial charge on any atom is 0.133 e. The molecule has 1 heterocycles. The summed E-state index contributed by atoms with van der Waals surface area (Å²) in [5, 5.41) is 1.07. The number of nitrogens with zero attached hydrogens (tertiary/aromatic N) is 1. The topological polar surface area (TPSA) is 30.0 Å². The monoisotopic (exact) mass is 247 g/mol. The molecule has 0 amide bonds. The Balaban J connectivity index is 1.97.